The van der Waals surface area contributed by atoms with Crippen molar-refractivity contribution >= 4 is 5.69 Å². The zero-order chi connectivity index (χ0) is 15.2. The van der Waals surface area contributed by atoms with Crippen LogP contribution in [0, 0.1) is 5.82 Å². The molecule has 0 aliphatic heterocycles. The van der Waals surface area contributed by atoms with E-state index >= 15 is 0 Å². The highest BCUT2D eigenvalue weighted by Gasteiger charge is 2.23. The van der Waals surface area contributed by atoms with Crippen LogP contribution in [0.5, 0.6) is 5.75 Å². The van der Waals surface area contributed by atoms with Gasteiger partial charge in [0.25, 0.3) is 0 Å². The monoisotopic (exact) mass is 289 g/mol. The van der Waals surface area contributed by atoms with E-state index in [0.717, 1.165) is 18.5 Å². The zero-order valence-electron chi connectivity index (χ0n) is 12.3. The average molecular weight is 289 g/mol. The summed E-state index contributed by atoms with van der Waals surface area (Å²) in [4.78, 5) is 4.10. The van der Waals surface area contributed by atoms with Gasteiger partial charge in [-0.15, -0.1) is 0 Å². The molecule has 0 bridgehead atoms. The molecular weight excluding hydrogens is 269 g/mol. The highest BCUT2D eigenvalue weighted by Crippen LogP contribution is 2.34. The largest absolute Gasteiger partial charge is 0.496 e. The number of halogens is 1. The van der Waals surface area contributed by atoms with E-state index in [0.29, 0.717) is 17.0 Å². The van der Waals surface area contributed by atoms with Crippen LogP contribution in [0.4, 0.5) is 10.1 Å². The number of aromatic nitrogens is 1. The second-order valence-electron chi connectivity index (χ2n) is 4.75. The highest BCUT2D eigenvalue weighted by atomic mass is 19.1. The molecule has 0 aliphatic carbocycles. The lowest BCUT2D eigenvalue weighted by molar-refractivity contribution is 0.396. The summed E-state index contributed by atoms with van der Waals surface area (Å²) in [7, 11) is 1.53. The third kappa shape index (κ3) is 3.31. The molecule has 21 heavy (non-hydrogen) atoms. The van der Waals surface area contributed by atoms with E-state index in [9.17, 15) is 4.39 Å². The number of rotatable bonds is 6. The Hall–Kier alpha value is -2.14. The van der Waals surface area contributed by atoms with Crippen LogP contribution in [-0.4, -0.2) is 18.6 Å². The number of pyridine rings is 1. The molecule has 3 N–H and O–H groups in total. The number of nitrogen functional groups attached to an aromatic ring is 1. The fraction of sp³-hybridized carbons (Fsp3) is 0.312. The maximum Gasteiger partial charge on any atom is 0.132 e. The quantitative estimate of drug-likeness (QED) is 0.858. The van der Waals surface area contributed by atoms with Crippen molar-refractivity contribution < 1.29 is 9.13 Å². The van der Waals surface area contributed by atoms with Gasteiger partial charge in [0, 0.05) is 23.6 Å². The zero-order valence-corrected chi connectivity index (χ0v) is 12.3. The summed E-state index contributed by atoms with van der Waals surface area (Å²) in [5, 5.41) is 3.32. The first-order valence-corrected chi connectivity index (χ1v) is 6.94. The van der Waals surface area contributed by atoms with Gasteiger partial charge in [0.15, 0.2) is 0 Å². The summed E-state index contributed by atoms with van der Waals surface area (Å²) in [5.74, 6) is 0.165. The number of ether oxygens (including phenoxy) is 1. The van der Waals surface area contributed by atoms with Crippen LogP contribution >= 0.6 is 0 Å². The Labute approximate surface area is 124 Å². The molecule has 0 saturated heterocycles. The summed E-state index contributed by atoms with van der Waals surface area (Å²) in [6.45, 7) is 2.78. The Kier molecular flexibility index (Phi) is 5.11. The summed E-state index contributed by atoms with van der Waals surface area (Å²) < 4.78 is 19.7. The Morgan fingerprint density at radius 1 is 1.38 bits per heavy atom. The molecule has 2 rings (SSSR count). The number of anilines is 1. The van der Waals surface area contributed by atoms with Gasteiger partial charge in [0.05, 0.1) is 18.7 Å². The lowest BCUT2D eigenvalue weighted by Gasteiger charge is -2.23. The minimum absolute atomic E-state index is 0.328. The van der Waals surface area contributed by atoms with Crippen molar-refractivity contribution in [1.82, 2.24) is 10.3 Å². The molecule has 0 fully saturated rings. The van der Waals surface area contributed by atoms with Gasteiger partial charge in [-0.05, 0) is 31.2 Å². The second kappa shape index (κ2) is 7.04. The Morgan fingerprint density at radius 2 is 2.19 bits per heavy atom. The topological polar surface area (TPSA) is 60.2 Å². The number of benzene rings is 1. The number of hydrogen-bond acceptors (Lipinski definition) is 4. The van der Waals surface area contributed by atoms with Crippen molar-refractivity contribution in [3.05, 3.63) is 53.6 Å². The first-order valence-electron chi connectivity index (χ1n) is 6.94. The maximum atomic E-state index is 14.4. The molecule has 1 atom stereocenters. The Morgan fingerprint density at radius 3 is 2.86 bits per heavy atom. The van der Waals surface area contributed by atoms with Gasteiger partial charge in [-0.25, -0.2) is 4.39 Å². The van der Waals surface area contributed by atoms with Crippen LogP contribution in [0.2, 0.25) is 0 Å². The van der Waals surface area contributed by atoms with Crippen LogP contribution in [-0.2, 0) is 0 Å². The van der Waals surface area contributed by atoms with Crippen molar-refractivity contribution in [2.75, 3.05) is 19.4 Å². The molecule has 1 aromatic carbocycles. The molecule has 1 aromatic heterocycles. The van der Waals surface area contributed by atoms with Crippen molar-refractivity contribution in [2.24, 2.45) is 0 Å². The molecule has 112 valence electrons. The van der Waals surface area contributed by atoms with E-state index in [1.807, 2.05) is 0 Å². The van der Waals surface area contributed by atoms with Crippen LogP contribution in [0.25, 0.3) is 0 Å². The van der Waals surface area contributed by atoms with Crippen LogP contribution < -0.4 is 15.8 Å². The number of hydrogen-bond donors (Lipinski definition) is 2. The molecule has 5 heteroatoms. The average Bonchev–Trinajstić information content (AvgIpc) is 2.50. The predicted octanol–water partition coefficient (Wildman–Crippen LogP) is 2.90. The van der Waals surface area contributed by atoms with Crippen molar-refractivity contribution in [3.8, 4) is 5.75 Å². The number of nitrogens with one attached hydrogen (secondary N) is 1. The molecule has 0 spiro atoms. The number of nitrogens with zero attached hydrogens (tertiary/aromatic N) is 1. The maximum absolute atomic E-state index is 14.4. The molecule has 0 saturated carbocycles. The summed E-state index contributed by atoms with van der Waals surface area (Å²) >= 11 is 0. The molecule has 1 heterocycles. The van der Waals surface area contributed by atoms with E-state index in [1.54, 1.807) is 30.6 Å². The van der Waals surface area contributed by atoms with Gasteiger partial charge >= 0.3 is 0 Å². The standard InChI is InChI=1S/C16H20FN3O/c1-3-8-20-16(11-10-19-9-7-13(11)18)15-12(17)5-4-6-14(15)21-2/h4-7,9-10,16,20H,3,8H2,1-2H3,(H2,18,19). The summed E-state index contributed by atoms with van der Waals surface area (Å²) in [6, 6.07) is 6.11. The van der Waals surface area contributed by atoms with E-state index in [4.69, 9.17) is 10.5 Å². The SMILES string of the molecule is CCCNC(c1cnccc1N)c1c(F)cccc1OC. The van der Waals surface area contributed by atoms with E-state index < -0.39 is 6.04 Å². The van der Waals surface area contributed by atoms with E-state index in [-0.39, 0.29) is 5.82 Å². The fourth-order valence-electron chi connectivity index (χ4n) is 2.29. The van der Waals surface area contributed by atoms with Crippen LogP contribution in [0.15, 0.2) is 36.7 Å². The molecule has 0 radical (unpaired) electrons. The number of nitrogens with two attached hydrogens (primary N) is 1. The minimum atomic E-state index is -0.394. The van der Waals surface area contributed by atoms with Crippen LogP contribution in [0.3, 0.4) is 0 Å². The second-order valence-corrected chi connectivity index (χ2v) is 4.75. The van der Waals surface area contributed by atoms with Crippen molar-refractivity contribution in [1.29, 1.82) is 0 Å². The smallest absolute Gasteiger partial charge is 0.132 e. The summed E-state index contributed by atoms with van der Waals surface area (Å²) in [6.07, 6.45) is 4.20. The van der Waals surface area contributed by atoms with Gasteiger partial charge in [0.1, 0.15) is 11.6 Å². The lowest BCUT2D eigenvalue weighted by Crippen LogP contribution is -2.25. The summed E-state index contributed by atoms with van der Waals surface area (Å²) in [5.41, 5.74) is 7.80. The van der Waals surface area contributed by atoms with Gasteiger partial charge < -0.3 is 15.8 Å². The third-order valence-corrected chi connectivity index (χ3v) is 3.32. The van der Waals surface area contributed by atoms with Gasteiger partial charge in [0.2, 0.25) is 0 Å². The van der Waals surface area contributed by atoms with Crippen molar-refractivity contribution in [2.45, 2.75) is 19.4 Å². The number of methoxy groups -OCH3 is 1. The minimum Gasteiger partial charge on any atom is -0.496 e. The molecule has 2 aromatic rings. The Bertz CT molecular complexity index is 604. The normalized spacial score (nSPS) is 12.1. The van der Waals surface area contributed by atoms with Crippen LogP contribution in [0.1, 0.15) is 30.5 Å². The van der Waals surface area contributed by atoms with E-state index in [1.165, 1.54) is 13.2 Å². The Balaban J connectivity index is 2.53. The molecular formula is C16H20FN3O. The molecule has 1 unspecified atom stereocenters. The van der Waals surface area contributed by atoms with E-state index in [2.05, 4.69) is 17.2 Å². The fourth-order valence-corrected chi connectivity index (χ4v) is 2.29. The van der Waals surface area contributed by atoms with Gasteiger partial charge in [-0.1, -0.05) is 13.0 Å². The molecule has 0 amide bonds. The molecule has 0 aliphatic rings. The van der Waals surface area contributed by atoms with Gasteiger partial charge in [-0.2, -0.15) is 0 Å². The first-order chi connectivity index (χ1) is 10.2. The first kappa shape index (κ1) is 15.3. The third-order valence-electron chi connectivity index (χ3n) is 3.32. The predicted molar refractivity (Wildman–Crippen MR) is 81.7 cm³/mol. The van der Waals surface area contributed by atoms with Crippen molar-refractivity contribution in [3.63, 3.8) is 0 Å². The highest BCUT2D eigenvalue weighted by molar-refractivity contribution is 5.52. The molecule has 4 nitrogen and oxygen atoms in total. The van der Waals surface area contributed by atoms with Gasteiger partial charge in [-0.3, -0.25) is 4.98 Å². The lowest BCUT2D eigenvalue weighted by atomic mass is 9.97.